The van der Waals surface area contributed by atoms with E-state index in [-0.39, 0.29) is 0 Å². The van der Waals surface area contributed by atoms with Crippen LogP contribution in [0.4, 0.5) is 11.4 Å². The van der Waals surface area contributed by atoms with E-state index in [9.17, 15) is 0 Å². The average Bonchev–Trinajstić information content (AvgIpc) is 2.31. The minimum absolute atomic E-state index is 0.620. The Bertz CT molecular complexity index is 457. The summed E-state index contributed by atoms with van der Waals surface area (Å²) < 4.78 is 0. The molecule has 2 aromatic heterocycles. The summed E-state index contributed by atoms with van der Waals surface area (Å²) in [6, 6.07) is 3.67. The van der Waals surface area contributed by atoms with Gasteiger partial charge in [0.25, 0.3) is 0 Å². The molecule has 0 atom stereocenters. The summed E-state index contributed by atoms with van der Waals surface area (Å²) in [7, 11) is 1.95. The lowest BCUT2D eigenvalue weighted by atomic mass is 10.3. The number of nitrogen functional groups attached to an aromatic ring is 1. The predicted octanol–water partition coefficient (Wildman–Crippen LogP) is 1.09. The van der Waals surface area contributed by atoms with Crippen molar-refractivity contribution in [2.24, 2.45) is 0 Å². The fraction of sp³-hybridized carbons (Fsp3) is 0.182. The molecule has 2 rings (SSSR count). The molecule has 0 aliphatic heterocycles. The largest absolute Gasteiger partial charge is 0.396 e. The molecule has 82 valence electrons. The molecule has 0 aliphatic carbocycles. The Labute approximate surface area is 94.0 Å². The standard InChI is InChI=1S/C11H13N5/c1-16(8-11-14-4-2-5-15-11)10-3-6-13-7-9(10)12/h2-7H,8,12H2,1H3. The van der Waals surface area contributed by atoms with Crippen molar-refractivity contribution in [3.63, 3.8) is 0 Å². The van der Waals surface area contributed by atoms with Gasteiger partial charge in [-0.1, -0.05) is 0 Å². The van der Waals surface area contributed by atoms with Crippen molar-refractivity contribution in [2.75, 3.05) is 17.7 Å². The van der Waals surface area contributed by atoms with Gasteiger partial charge in [-0.15, -0.1) is 0 Å². The van der Waals surface area contributed by atoms with E-state index < -0.39 is 0 Å². The molecule has 2 heterocycles. The monoisotopic (exact) mass is 215 g/mol. The Balaban J connectivity index is 2.15. The summed E-state index contributed by atoms with van der Waals surface area (Å²) in [6.45, 7) is 0.620. The molecule has 0 spiro atoms. The lowest BCUT2D eigenvalue weighted by Gasteiger charge is -2.19. The Hall–Kier alpha value is -2.17. The highest BCUT2D eigenvalue weighted by molar-refractivity contribution is 5.65. The molecule has 0 aliphatic rings. The summed E-state index contributed by atoms with van der Waals surface area (Å²) in [6.07, 6.45) is 6.81. The number of nitrogens with two attached hydrogens (primary N) is 1. The number of hydrogen-bond acceptors (Lipinski definition) is 5. The molecule has 2 aromatic rings. The van der Waals surface area contributed by atoms with Gasteiger partial charge in [-0.05, 0) is 12.1 Å². The van der Waals surface area contributed by atoms with Crippen LogP contribution >= 0.6 is 0 Å². The van der Waals surface area contributed by atoms with Gasteiger partial charge >= 0.3 is 0 Å². The molecule has 2 N–H and O–H groups in total. The lowest BCUT2D eigenvalue weighted by molar-refractivity contribution is 0.837. The normalized spacial score (nSPS) is 10.1. The lowest BCUT2D eigenvalue weighted by Crippen LogP contribution is -2.19. The third kappa shape index (κ3) is 2.25. The van der Waals surface area contributed by atoms with E-state index in [0.29, 0.717) is 12.2 Å². The fourth-order valence-electron chi connectivity index (χ4n) is 1.46. The molecule has 0 amide bonds. The SMILES string of the molecule is CN(Cc1ncccn1)c1ccncc1N. The second kappa shape index (κ2) is 4.57. The first-order valence-corrected chi connectivity index (χ1v) is 4.94. The highest BCUT2D eigenvalue weighted by atomic mass is 15.1. The van der Waals surface area contributed by atoms with Gasteiger partial charge in [0.05, 0.1) is 24.1 Å². The smallest absolute Gasteiger partial charge is 0.147 e. The summed E-state index contributed by atoms with van der Waals surface area (Å²) in [5.41, 5.74) is 7.42. The third-order valence-electron chi connectivity index (χ3n) is 2.24. The predicted molar refractivity (Wildman–Crippen MR) is 62.8 cm³/mol. The maximum absolute atomic E-state index is 5.83. The quantitative estimate of drug-likeness (QED) is 0.830. The van der Waals surface area contributed by atoms with E-state index in [1.165, 1.54) is 0 Å². The van der Waals surface area contributed by atoms with Crippen molar-refractivity contribution < 1.29 is 0 Å². The molecule has 0 aromatic carbocycles. The fourth-order valence-corrected chi connectivity index (χ4v) is 1.46. The van der Waals surface area contributed by atoms with Crippen molar-refractivity contribution in [3.05, 3.63) is 42.7 Å². The Kier molecular flexibility index (Phi) is 2.95. The second-order valence-electron chi connectivity index (χ2n) is 3.46. The van der Waals surface area contributed by atoms with E-state index in [0.717, 1.165) is 11.5 Å². The molecule has 0 saturated heterocycles. The molecule has 0 fully saturated rings. The Morgan fingerprint density at radius 1 is 1.25 bits per heavy atom. The van der Waals surface area contributed by atoms with E-state index in [4.69, 9.17) is 5.73 Å². The number of hydrogen-bond donors (Lipinski definition) is 1. The summed E-state index contributed by atoms with van der Waals surface area (Å²) >= 11 is 0. The van der Waals surface area contributed by atoms with Crippen LogP contribution in [0.5, 0.6) is 0 Å². The van der Waals surface area contributed by atoms with Gasteiger partial charge < -0.3 is 10.6 Å². The highest BCUT2D eigenvalue weighted by Gasteiger charge is 2.06. The molecule has 5 nitrogen and oxygen atoms in total. The maximum atomic E-state index is 5.83. The zero-order valence-electron chi connectivity index (χ0n) is 9.04. The number of aromatic nitrogens is 3. The number of nitrogens with zero attached hydrogens (tertiary/aromatic N) is 4. The minimum atomic E-state index is 0.620. The van der Waals surface area contributed by atoms with Gasteiger partial charge in [-0.25, -0.2) is 9.97 Å². The second-order valence-corrected chi connectivity index (χ2v) is 3.46. The van der Waals surface area contributed by atoms with Gasteiger partial charge in [-0.3, -0.25) is 4.98 Å². The summed E-state index contributed by atoms with van der Waals surface area (Å²) in [4.78, 5) is 14.3. The van der Waals surface area contributed by atoms with Crippen molar-refractivity contribution >= 4 is 11.4 Å². The summed E-state index contributed by atoms with van der Waals surface area (Å²) in [5, 5.41) is 0. The van der Waals surface area contributed by atoms with Crippen LogP contribution in [0.25, 0.3) is 0 Å². The van der Waals surface area contributed by atoms with Crippen LogP contribution in [-0.4, -0.2) is 22.0 Å². The molecule has 0 saturated carbocycles. The molecule has 5 heteroatoms. The molecule has 0 radical (unpaired) electrons. The minimum Gasteiger partial charge on any atom is -0.396 e. The molecule has 16 heavy (non-hydrogen) atoms. The van der Waals surface area contributed by atoms with Crippen LogP contribution in [0.15, 0.2) is 36.9 Å². The van der Waals surface area contributed by atoms with E-state index in [2.05, 4.69) is 15.0 Å². The van der Waals surface area contributed by atoms with Crippen LogP contribution in [-0.2, 0) is 6.54 Å². The van der Waals surface area contributed by atoms with Gasteiger partial charge in [0, 0.05) is 25.6 Å². The number of pyridine rings is 1. The van der Waals surface area contributed by atoms with Crippen molar-refractivity contribution in [1.29, 1.82) is 0 Å². The van der Waals surface area contributed by atoms with Gasteiger partial charge in [0.1, 0.15) is 5.82 Å². The molecular formula is C11H13N5. The van der Waals surface area contributed by atoms with Crippen molar-refractivity contribution in [1.82, 2.24) is 15.0 Å². The molecule has 0 bridgehead atoms. The third-order valence-corrected chi connectivity index (χ3v) is 2.24. The zero-order valence-corrected chi connectivity index (χ0v) is 9.04. The van der Waals surface area contributed by atoms with Crippen molar-refractivity contribution in [2.45, 2.75) is 6.54 Å². The number of anilines is 2. The van der Waals surface area contributed by atoms with Crippen LogP contribution < -0.4 is 10.6 Å². The van der Waals surface area contributed by atoms with Crippen molar-refractivity contribution in [3.8, 4) is 0 Å². The van der Waals surface area contributed by atoms with Gasteiger partial charge in [-0.2, -0.15) is 0 Å². The van der Waals surface area contributed by atoms with E-state index in [1.54, 1.807) is 30.9 Å². The number of rotatable bonds is 3. The first-order chi connectivity index (χ1) is 7.77. The summed E-state index contributed by atoms with van der Waals surface area (Å²) in [5.74, 6) is 0.765. The van der Waals surface area contributed by atoms with E-state index >= 15 is 0 Å². The van der Waals surface area contributed by atoms with Gasteiger partial charge in [0.2, 0.25) is 0 Å². The highest BCUT2D eigenvalue weighted by Crippen LogP contribution is 2.20. The van der Waals surface area contributed by atoms with Crippen LogP contribution in [0.3, 0.4) is 0 Å². The van der Waals surface area contributed by atoms with E-state index in [1.807, 2.05) is 18.0 Å². The van der Waals surface area contributed by atoms with Crippen LogP contribution in [0.2, 0.25) is 0 Å². The maximum Gasteiger partial charge on any atom is 0.147 e. The zero-order chi connectivity index (χ0) is 11.4. The Morgan fingerprint density at radius 2 is 2.00 bits per heavy atom. The molecule has 0 unspecified atom stereocenters. The first-order valence-electron chi connectivity index (χ1n) is 4.94. The average molecular weight is 215 g/mol. The van der Waals surface area contributed by atoms with Gasteiger partial charge in [0.15, 0.2) is 0 Å². The van der Waals surface area contributed by atoms with Crippen LogP contribution in [0.1, 0.15) is 5.82 Å². The Morgan fingerprint density at radius 3 is 2.69 bits per heavy atom. The first kappa shape index (κ1) is 10.4. The molecular weight excluding hydrogens is 202 g/mol. The van der Waals surface area contributed by atoms with Crippen LogP contribution in [0, 0.1) is 0 Å². The topological polar surface area (TPSA) is 67.9 Å².